The first-order valence-electron chi connectivity index (χ1n) is 23.4. The highest BCUT2D eigenvalue weighted by molar-refractivity contribution is 7.80. The van der Waals surface area contributed by atoms with E-state index < -0.39 is 102 Å². The standard InChI is InChI=1S/C40H77N23O10S2/c1-20(64)57-27(19-75)35(73)62-24(10-5-15-54-39(47)48)33(71)60-22(8-3-13-52-37(43)44)31(69)58-21(7-2-12-51-36(41)42)30(68)59-23(9-4-14-53-38(45)46)32(70)61-25(11-6-16-55-40(49)50)34(72)63-26(18-74)29(67)56-17-28(65)66/h21-27,74-75H,2-19H2,1H3,(H,56,67)(H,57,64)(H,58,69)(H,59,68)(H,60,71)(H,61,70)(H,62,73)(H,63,72)(H,65,66)(H4,41,42,51)(H4,43,44,52)(H4,45,46,53)(H4,47,48,54)(H4,49,50,55)/t21-,22-,23-,24-,25-,26-,27-/m0/s1. The fourth-order valence-electron chi connectivity index (χ4n) is 6.42. The Balaban J connectivity index is 7.20. The smallest absolute Gasteiger partial charge is 0.322 e. The SMILES string of the molecule is CC(=O)N[C@@H](CS)C(=O)N[C@@H](CCCN=C(N)N)C(=O)N[C@@H](CCCN=C(N)N)C(=O)N[C@@H](CCCN=C(N)N)C(=O)N[C@@H](CCCN=C(N)N)C(=O)N[C@@H](CCCN=C(N)N)C(=O)N[C@@H](CS)C(=O)NCC(=O)O. The topological polar surface area (TPSA) is 592 Å². The zero-order valence-electron chi connectivity index (χ0n) is 41.8. The molecule has 0 bridgehead atoms. The highest BCUT2D eigenvalue weighted by atomic mass is 32.1. The van der Waals surface area contributed by atoms with E-state index in [2.05, 4.69) is 92.8 Å². The Bertz CT molecular complexity index is 2040. The van der Waals surface area contributed by atoms with Crippen LogP contribution in [0.15, 0.2) is 25.0 Å². The molecule has 0 radical (unpaired) electrons. The number of nitrogens with zero attached hydrogens (tertiary/aromatic N) is 5. The molecule has 0 aliphatic heterocycles. The van der Waals surface area contributed by atoms with Crippen molar-refractivity contribution < 1.29 is 48.3 Å². The van der Waals surface area contributed by atoms with E-state index in [-0.39, 0.29) is 138 Å². The van der Waals surface area contributed by atoms with E-state index in [4.69, 9.17) is 62.4 Å². The third-order valence-corrected chi connectivity index (χ3v) is 10.7. The van der Waals surface area contributed by atoms with Crippen LogP contribution in [0.3, 0.4) is 0 Å². The number of carboxylic acid groups (broad SMARTS) is 1. The average Bonchev–Trinajstić information content (AvgIpc) is 3.32. The predicted molar refractivity (Wildman–Crippen MR) is 287 cm³/mol. The van der Waals surface area contributed by atoms with Crippen molar-refractivity contribution in [3.8, 4) is 0 Å². The van der Waals surface area contributed by atoms with Crippen LogP contribution in [-0.2, 0) is 43.2 Å². The molecule has 0 aromatic heterocycles. The van der Waals surface area contributed by atoms with Crippen molar-refractivity contribution in [1.82, 2.24) is 42.5 Å². The third-order valence-electron chi connectivity index (χ3n) is 10.00. The van der Waals surface area contributed by atoms with Gasteiger partial charge in [0.1, 0.15) is 48.8 Å². The van der Waals surface area contributed by atoms with Crippen LogP contribution < -0.4 is 99.9 Å². The van der Waals surface area contributed by atoms with E-state index in [0.29, 0.717) is 0 Å². The molecule has 35 heteroatoms. The number of aliphatic imine (C=N–C) groups is 5. The minimum atomic E-state index is -1.47. The van der Waals surface area contributed by atoms with Crippen molar-refractivity contribution in [2.45, 2.75) is 113 Å². The molecule has 0 fully saturated rings. The molecule has 0 aromatic rings. The molecule has 0 rings (SSSR count). The Hall–Kier alpha value is -7.72. The molecule has 0 aliphatic rings. The molecular weight excluding hydrogens is 1030 g/mol. The average molecular weight is 1100 g/mol. The Morgan fingerprint density at radius 3 is 0.787 bits per heavy atom. The molecule has 33 nitrogen and oxygen atoms in total. The van der Waals surface area contributed by atoms with Crippen LogP contribution in [0.5, 0.6) is 0 Å². The summed E-state index contributed by atoms with van der Waals surface area (Å²) in [7, 11) is 0. The van der Waals surface area contributed by atoms with Crippen molar-refractivity contribution in [3.05, 3.63) is 0 Å². The summed E-state index contributed by atoms with van der Waals surface area (Å²) < 4.78 is 0. The first-order valence-corrected chi connectivity index (χ1v) is 24.7. The monoisotopic (exact) mass is 1100 g/mol. The van der Waals surface area contributed by atoms with Crippen LogP contribution in [0, 0.1) is 0 Å². The molecule has 7 atom stereocenters. The maximum absolute atomic E-state index is 14.4. The van der Waals surface area contributed by atoms with Gasteiger partial charge in [0, 0.05) is 51.2 Å². The van der Waals surface area contributed by atoms with Crippen molar-refractivity contribution >= 4 is 108 Å². The Morgan fingerprint density at radius 1 is 0.373 bits per heavy atom. The lowest BCUT2D eigenvalue weighted by atomic mass is 10.0. The third kappa shape index (κ3) is 32.2. The number of carbonyl (C=O) groups excluding carboxylic acids is 8. The maximum atomic E-state index is 14.4. The summed E-state index contributed by atoms with van der Waals surface area (Å²) in [4.78, 5) is 139. The zero-order valence-corrected chi connectivity index (χ0v) is 43.6. The number of carboxylic acids is 1. The molecule has 29 N–H and O–H groups in total. The number of guanidine groups is 5. The van der Waals surface area contributed by atoms with Crippen LogP contribution >= 0.6 is 25.3 Å². The molecule has 424 valence electrons. The molecule has 0 saturated heterocycles. The van der Waals surface area contributed by atoms with Gasteiger partial charge >= 0.3 is 5.97 Å². The van der Waals surface area contributed by atoms with Gasteiger partial charge in [-0.05, 0) is 64.2 Å². The van der Waals surface area contributed by atoms with Gasteiger partial charge in [-0.15, -0.1) is 0 Å². The minimum absolute atomic E-state index is 0.000594. The summed E-state index contributed by atoms with van der Waals surface area (Å²) in [6.45, 7) is 0.453. The second-order valence-corrected chi connectivity index (χ2v) is 17.1. The van der Waals surface area contributed by atoms with E-state index >= 15 is 0 Å². The number of carbonyl (C=O) groups is 9. The van der Waals surface area contributed by atoms with Crippen molar-refractivity contribution in [2.24, 2.45) is 82.3 Å². The summed E-state index contributed by atoms with van der Waals surface area (Å²) in [5.74, 6) is -9.75. The van der Waals surface area contributed by atoms with E-state index in [0.717, 1.165) is 0 Å². The first-order chi connectivity index (χ1) is 35.3. The number of hydrogen-bond donors (Lipinski definition) is 21. The fraction of sp³-hybridized carbons (Fsp3) is 0.650. The number of amides is 8. The summed E-state index contributed by atoms with van der Waals surface area (Å²) >= 11 is 8.23. The van der Waals surface area contributed by atoms with Gasteiger partial charge in [-0.1, -0.05) is 0 Å². The molecule has 0 unspecified atom stereocenters. The lowest BCUT2D eigenvalue weighted by Crippen LogP contribution is -2.60. The van der Waals surface area contributed by atoms with Crippen molar-refractivity contribution in [1.29, 1.82) is 0 Å². The van der Waals surface area contributed by atoms with Gasteiger partial charge in [0.2, 0.25) is 47.3 Å². The second-order valence-electron chi connectivity index (χ2n) is 16.3. The summed E-state index contributed by atoms with van der Waals surface area (Å²) in [6.07, 6.45) is -0.0937. The fourth-order valence-corrected chi connectivity index (χ4v) is 6.93. The number of aliphatic carboxylic acids is 1. The number of rotatable bonds is 38. The summed E-state index contributed by atoms with van der Waals surface area (Å²) in [5, 5.41) is 29.0. The van der Waals surface area contributed by atoms with Crippen LogP contribution in [0.4, 0.5) is 0 Å². The molecule has 0 spiro atoms. The largest absolute Gasteiger partial charge is 0.480 e. The quantitative estimate of drug-likeness (QED) is 0.0118. The molecule has 0 saturated carbocycles. The highest BCUT2D eigenvalue weighted by Gasteiger charge is 2.34. The Kier molecular flexibility index (Phi) is 34.0. The normalized spacial score (nSPS) is 13.3. The van der Waals surface area contributed by atoms with Crippen molar-refractivity contribution in [3.63, 3.8) is 0 Å². The number of thiol groups is 2. The molecule has 0 aromatic carbocycles. The lowest BCUT2D eigenvalue weighted by Gasteiger charge is -2.28. The molecule has 75 heavy (non-hydrogen) atoms. The van der Waals surface area contributed by atoms with E-state index in [1.54, 1.807) is 0 Å². The molecule has 8 amide bonds. The predicted octanol–water partition coefficient (Wildman–Crippen LogP) is -9.27. The molecule has 0 heterocycles. The molecular formula is C40H77N23O10S2. The van der Waals surface area contributed by atoms with Gasteiger partial charge in [0.25, 0.3) is 0 Å². The van der Waals surface area contributed by atoms with E-state index in [1.807, 2.05) is 0 Å². The summed E-state index contributed by atoms with van der Waals surface area (Å²) in [6, 6.07) is -9.61. The van der Waals surface area contributed by atoms with Crippen LogP contribution in [-0.4, -0.2) is 181 Å². The van der Waals surface area contributed by atoms with Gasteiger partial charge in [-0.2, -0.15) is 25.3 Å². The van der Waals surface area contributed by atoms with Crippen LogP contribution in [0.2, 0.25) is 0 Å². The molecule has 0 aliphatic carbocycles. The van der Waals surface area contributed by atoms with E-state index in [9.17, 15) is 43.2 Å². The number of hydrogen-bond acceptors (Lipinski definition) is 16. The lowest BCUT2D eigenvalue weighted by molar-refractivity contribution is -0.138. The second kappa shape index (κ2) is 37.9. The van der Waals surface area contributed by atoms with Crippen molar-refractivity contribution in [2.75, 3.05) is 50.8 Å². The number of nitrogens with one attached hydrogen (secondary N) is 8. The van der Waals surface area contributed by atoms with Crippen LogP contribution in [0.25, 0.3) is 0 Å². The van der Waals surface area contributed by atoms with Gasteiger partial charge in [-0.3, -0.25) is 68.1 Å². The van der Waals surface area contributed by atoms with Crippen LogP contribution in [0.1, 0.15) is 71.1 Å². The summed E-state index contributed by atoms with van der Waals surface area (Å²) in [5.41, 5.74) is 54.8. The van der Waals surface area contributed by atoms with E-state index in [1.165, 1.54) is 6.92 Å². The highest BCUT2D eigenvalue weighted by Crippen LogP contribution is 2.10. The van der Waals surface area contributed by atoms with Gasteiger partial charge in [-0.25, -0.2) is 0 Å². The minimum Gasteiger partial charge on any atom is -0.480 e. The zero-order chi connectivity index (χ0) is 57.0. The van der Waals surface area contributed by atoms with Gasteiger partial charge in [0.05, 0.1) is 0 Å². The van der Waals surface area contributed by atoms with Gasteiger partial charge in [0.15, 0.2) is 29.8 Å². The maximum Gasteiger partial charge on any atom is 0.322 e. The Morgan fingerprint density at radius 2 is 0.587 bits per heavy atom. The first kappa shape index (κ1) is 67.3. The van der Waals surface area contributed by atoms with Gasteiger partial charge < -0.3 is 105 Å². The number of nitrogens with two attached hydrogens (primary N) is 10. The Labute approximate surface area is 444 Å².